The first-order valence-corrected chi connectivity index (χ1v) is 5.25. The molecule has 0 unspecified atom stereocenters. The van der Waals surface area contributed by atoms with E-state index in [0.29, 0.717) is 0 Å². The number of urea groups is 1. The van der Waals surface area contributed by atoms with Crippen molar-refractivity contribution in [2.24, 2.45) is 0 Å². The van der Waals surface area contributed by atoms with Crippen molar-refractivity contribution in [3.63, 3.8) is 0 Å². The van der Waals surface area contributed by atoms with Crippen LogP contribution in [0.15, 0.2) is 0 Å². The zero-order valence-electron chi connectivity index (χ0n) is 8.75. The van der Waals surface area contributed by atoms with Gasteiger partial charge in [0.25, 0.3) is 0 Å². The zero-order valence-corrected chi connectivity index (χ0v) is 8.75. The van der Waals surface area contributed by atoms with Crippen molar-refractivity contribution in [3.05, 3.63) is 0 Å². The largest absolute Gasteiger partial charge is 0.326 e. The van der Waals surface area contributed by atoms with Crippen molar-refractivity contribution >= 4 is 6.03 Å². The van der Waals surface area contributed by atoms with E-state index in [9.17, 15) is 4.79 Å². The lowest BCUT2D eigenvalue weighted by Crippen LogP contribution is -2.30. The highest BCUT2D eigenvalue weighted by atomic mass is 16.2. The molecule has 0 atom stereocenters. The summed E-state index contributed by atoms with van der Waals surface area (Å²) in [5.41, 5.74) is 0. The van der Waals surface area contributed by atoms with E-state index in [1.54, 1.807) is 4.90 Å². The van der Waals surface area contributed by atoms with Crippen molar-refractivity contribution in [2.45, 2.75) is 32.6 Å². The summed E-state index contributed by atoms with van der Waals surface area (Å²) in [6.07, 6.45) is 4.96. The van der Waals surface area contributed by atoms with Gasteiger partial charge in [-0.15, -0.1) is 0 Å². The molecule has 0 aromatic rings. The van der Waals surface area contributed by atoms with Crippen LogP contribution < -0.4 is 0 Å². The van der Waals surface area contributed by atoms with E-state index in [-0.39, 0.29) is 6.03 Å². The molecule has 0 aliphatic carbocycles. The quantitative estimate of drug-likeness (QED) is 0.599. The average molecular weight is 184 g/mol. The first-order valence-electron chi connectivity index (χ1n) is 5.25. The molecule has 2 amide bonds. The molecule has 3 nitrogen and oxygen atoms in total. The molecule has 0 aromatic carbocycles. The molecule has 1 aliphatic heterocycles. The van der Waals surface area contributed by atoms with Gasteiger partial charge in [-0.2, -0.15) is 0 Å². The van der Waals surface area contributed by atoms with E-state index in [2.05, 4.69) is 6.92 Å². The van der Waals surface area contributed by atoms with E-state index >= 15 is 0 Å². The molecular weight excluding hydrogens is 164 g/mol. The number of hydrogen-bond donors (Lipinski definition) is 0. The number of nitrogens with zero attached hydrogens (tertiary/aromatic N) is 2. The van der Waals surface area contributed by atoms with Crippen molar-refractivity contribution in [1.29, 1.82) is 0 Å². The monoisotopic (exact) mass is 184 g/mol. The minimum Gasteiger partial charge on any atom is -0.326 e. The number of likely N-dealkylation sites (N-methyl/N-ethyl adjacent to an activating group) is 1. The number of carbonyl (C=O) groups is 1. The van der Waals surface area contributed by atoms with Gasteiger partial charge in [-0.3, -0.25) is 0 Å². The number of hydrogen-bond acceptors (Lipinski definition) is 1. The first-order chi connectivity index (χ1) is 6.25. The molecule has 1 saturated heterocycles. The predicted octanol–water partition coefficient (Wildman–Crippen LogP) is 1.93. The Kier molecular flexibility index (Phi) is 4.06. The number of rotatable bonds is 5. The molecule has 1 heterocycles. The summed E-state index contributed by atoms with van der Waals surface area (Å²) < 4.78 is 0. The Labute approximate surface area is 80.7 Å². The Morgan fingerprint density at radius 3 is 2.54 bits per heavy atom. The van der Waals surface area contributed by atoms with Crippen LogP contribution in [0.1, 0.15) is 32.6 Å². The fourth-order valence-electron chi connectivity index (χ4n) is 1.64. The molecular formula is C10H20N2O. The van der Waals surface area contributed by atoms with Crippen LogP contribution in [0.5, 0.6) is 0 Å². The lowest BCUT2D eigenvalue weighted by molar-refractivity contribution is 0.198. The molecule has 0 radical (unpaired) electrons. The molecule has 0 spiro atoms. The molecule has 1 aliphatic rings. The number of amides is 2. The second-order valence-electron chi connectivity index (χ2n) is 3.75. The summed E-state index contributed by atoms with van der Waals surface area (Å²) >= 11 is 0. The Hall–Kier alpha value is -0.730. The molecule has 76 valence electrons. The highest BCUT2D eigenvalue weighted by Gasteiger charge is 2.23. The highest BCUT2D eigenvalue weighted by molar-refractivity contribution is 5.76. The van der Waals surface area contributed by atoms with Gasteiger partial charge in [-0.1, -0.05) is 26.2 Å². The van der Waals surface area contributed by atoms with Gasteiger partial charge in [0, 0.05) is 26.7 Å². The van der Waals surface area contributed by atoms with Gasteiger partial charge in [-0.25, -0.2) is 4.79 Å². The summed E-state index contributed by atoms with van der Waals surface area (Å²) in [5.74, 6) is 0. The maximum absolute atomic E-state index is 11.4. The normalized spacial score (nSPS) is 17.2. The number of unbranched alkanes of at least 4 members (excludes halogenated alkanes) is 3. The number of carbonyl (C=O) groups excluding carboxylic acids is 1. The topological polar surface area (TPSA) is 23.6 Å². The third-order valence-corrected chi connectivity index (χ3v) is 2.58. The minimum atomic E-state index is 0.205. The lowest BCUT2D eigenvalue weighted by Gasteiger charge is -2.15. The molecule has 0 bridgehead atoms. The second kappa shape index (κ2) is 5.10. The zero-order chi connectivity index (χ0) is 9.68. The minimum absolute atomic E-state index is 0.205. The van der Waals surface area contributed by atoms with E-state index in [1.165, 1.54) is 19.3 Å². The predicted molar refractivity (Wildman–Crippen MR) is 53.7 cm³/mol. The van der Waals surface area contributed by atoms with E-state index in [0.717, 1.165) is 26.1 Å². The van der Waals surface area contributed by atoms with E-state index in [4.69, 9.17) is 0 Å². The summed E-state index contributed by atoms with van der Waals surface area (Å²) in [6, 6.07) is 0.205. The van der Waals surface area contributed by atoms with E-state index in [1.807, 2.05) is 11.9 Å². The van der Waals surface area contributed by atoms with Crippen LogP contribution in [-0.4, -0.2) is 42.5 Å². The molecule has 0 aromatic heterocycles. The maximum atomic E-state index is 11.4. The van der Waals surface area contributed by atoms with Crippen LogP contribution >= 0.6 is 0 Å². The molecule has 1 rings (SSSR count). The van der Waals surface area contributed by atoms with Gasteiger partial charge in [0.05, 0.1) is 0 Å². The van der Waals surface area contributed by atoms with Crippen LogP contribution in [0.2, 0.25) is 0 Å². The van der Waals surface area contributed by atoms with Gasteiger partial charge in [0.1, 0.15) is 0 Å². The lowest BCUT2D eigenvalue weighted by atomic mass is 10.2. The summed E-state index contributed by atoms with van der Waals surface area (Å²) in [7, 11) is 1.87. The third kappa shape index (κ3) is 2.90. The Bertz CT molecular complexity index is 170. The molecule has 0 N–H and O–H groups in total. The standard InChI is InChI=1S/C10H20N2O/c1-3-4-5-6-7-12-9-8-11(2)10(12)13/h3-9H2,1-2H3. The van der Waals surface area contributed by atoms with Crippen molar-refractivity contribution < 1.29 is 4.79 Å². The molecule has 0 saturated carbocycles. The van der Waals surface area contributed by atoms with Gasteiger partial charge in [0.2, 0.25) is 0 Å². The summed E-state index contributed by atoms with van der Waals surface area (Å²) in [6.45, 7) is 4.96. The first kappa shape index (κ1) is 10.4. The Morgan fingerprint density at radius 2 is 2.00 bits per heavy atom. The average Bonchev–Trinajstić information content (AvgIpc) is 2.43. The van der Waals surface area contributed by atoms with Crippen molar-refractivity contribution in [1.82, 2.24) is 9.80 Å². The molecule has 3 heteroatoms. The summed E-state index contributed by atoms with van der Waals surface area (Å²) in [5, 5.41) is 0. The van der Waals surface area contributed by atoms with Crippen LogP contribution in [0, 0.1) is 0 Å². The van der Waals surface area contributed by atoms with E-state index < -0.39 is 0 Å². The summed E-state index contributed by atoms with van der Waals surface area (Å²) in [4.78, 5) is 15.2. The van der Waals surface area contributed by atoms with Crippen molar-refractivity contribution in [2.75, 3.05) is 26.7 Å². The smallest absolute Gasteiger partial charge is 0.319 e. The maximum Gasteiger partial charge on any atom is 0.319 e. The Balaban J connectivity index is 2.12. The molecule has 13 heavy (non-hydrogen) atoms. The fourth-order valence-corrected chi connectivity index (χ4v) is 1.64. The Morgan fingerprint density at radius 1 is 1.23 bits per heavy atom. The molecule has 1 fully saturated rings. The van der Waals surface area contributed by atoms with Crippen LogP contribution in [0.4, 0.5) is 4.79 Å². The van der Waals surface area contributed by atoms with Crippen molar-refractivity contribution in [3.8, 4) is 0 Å². The second-order valence-corrected chi connectivity index (χ2v) is 3.75. The highest BCUT2D eigenvalue weighted by Crippen LogP contribution is 2.08. The van der Waals surface area contributed by atoms with Crippen LogP contribution in [0.25, 0.3) is 0 Å². The fraction of sp³-hybridized carbons (Fsp3) is 0.900. The SMILES string of the molecule is CCCCCCN1CCN(C)C1=O. The van der Waals surface area contributed by atoms with Gasteiger partial charge in [0.15, 0.2) is 0 Å². The third-order valence-electron chi connectivity index (χ3n) is 2.58. The van der Waals surface area contributed by atoms with Gasteiger partial charge < -0.3 is 9.80 Å². The van der Waals surface area contributed by atoms with Crippen LogP contribution in [-0.2, 0) is 0 Å². The van der Waals surface area contributed by atoms with Gasteiger partial charge in [-0.05, 0) is 6.42 Å². The van der Waals surface area contributed by atoms with Gasteiger partial charge >= 0.3 is 6.03 Å². The van der Waals surface area contributed by atoms with Crippen LogP contribution in [0.3, 0.4) is 0 Å².